The number of hydrogen-bond donors (Lipinski definition) is 1. The molecule has 1 rings (SSSR count). The van der Waals surface area contributed by atoms with Gasteiger partial charge in [-0.05, 0) is 25.1 Å². The molecule has 19 heavy (non-hydrogen) atoms. The molecule has 1 atom stereocenters. The number of benzene rings is 1. The van der Waals surface area contributed by atoms with Crippen molar-refractivity contribution in [3.05, 3.63) is 23.8 Å². The van der Waals surface area contributed by atoms with Crippen LogP contribution in [0.15, 0.2) is 18.2 Å². The molecule has 6 heteroatoms. The summed E-state index contributed by atoms with van der Waals surface area (Å²) in [6.45, 7) is 1.54. The molecule has 0 saturated heterocycles. The van der Waals surface area contributed by atoms with E-state index in [1.54, 1.807) is 12.1 Å². The van der Waals surface area contributed by atoms with E-state index in [0.717, 1.165) is 0 Å². The summed E-state index contributed by atoms with van der Waals surface area (Å²) in [7, 11) is 4.22. The SMILES string of the molecule is COC(=O)C(C)NC(=O)c1cc(OC)ccc1OC. The minimum absolute atomic E-state index is 0.289. The summed E-state index contributed by atoms with van der Waals surface area (Å²) >= 11 is 0. The van der Waals surface area contributed by atoms with Crippen LogP contribution in [0.3, 0.4) is 0 Å². The first-order valence-corrected chi connectivity index (χ1v) is 5.64. The van der Waals surface area contributed by atoms with Crippen LogP contribution in [0.4, 0.5) is 0 Å². The molecule has 0 aliphatic rings. The number of hydrogen-bond acceptors (Lipinski definition) is 5. The predicted molar refractivity (Wildman–Crippen MR) is 68.5 cm³/mol. The summed E-state index contributed by atoms with van der Waals surface area (Å²) < 4.78 is 14.7. The van der Waals surface area contributed by atoms with Crippen LogP contribution in [0.1, 0.15) is 17.3 Å². The van der Waals surface area contributed by atoms with Crippen LogP contribution in [0.2, 0.25) is 0 Å². The highest BCUT2D eigenvalue weighted by molar-refractivity contribution is 5.99. The van der Waals surface area contributed by atoms with E-state index in [9.17, 15) is 9.59 Å². The van der Waals surface area contributed by atoms with Crippen molar-refractivity contribution in [2.45, 2.75) is 13.0 Å². The predicted octanol–water partition coefficient (Wildman–Crippen LogP) is 0.995. The Labute approximate surface area is 111 Å². The molecule has 1 aromatic rings. The van der Waals surface area contributed by atoms with Gasteiger partial charge in [0.1, 0.15) is 17.5 Å². The monoisotopic (exact) mass is 267 g/mol. The van der Waals surface area contributed by atoms with Crippen LogP contribution in [-0.4, -0.2) is 39.2 Å². The number of ether oxygens (including phenoxy) is 3. The minimum atomic E-state index is -0.742. The molecular weight excluding hydrogens is 250 g/mol. The molecule has 6 nitrogen and oxygen atoms in total. The van der Waals surface area contributed by atoms with Gasteiger partial charge in [0.15, 0.2) is 0 Å². The summed E-state index contributed by atoms with van der Waals surface area (Å²) in [4.78, 5) is 23.3. The third-order valence-corrected chi connectivity index (χ3v) is 2.55. The molecule has 0 aliphatic heterocycles. The molecule has 104 valence electrons. The summed E-state index contributed by atoms with van der Waals surface area (Å²) in [6, 6.07) is 4.10. The lowest BCUT2D eigenvalue weighted by molar-refractivity contribution is -0.142. The van der Waals surface area contributed by atoms with Gasteiger partial charge in [-0.1, -0.05) is 0 Å². The van der Waals surface area contributed by atoms with Crippen molar-refractivity contribution in [2.24, 2.45) is 0 Å². The van der Waals surface area contributed by atoms with Gasteiger partial charge in [-0.25, -0.2) is 4.79 Å². The highest BCUT2D eigenvalue weighted by Crippen LogP contribution is 2.23. The zero-order valence-electron chi connectivity index (χ0n) is 11.4. The molecule has 0 saturated carbocycles. The fraction of sp³-hybridized carbons (Fsp3) is 0.385. The van der Waals surface area contributed by atoms with Crippen LogP contribution in [0.25, 0.3) is 0 Å². The molecule has 0 aliphatic carbocycles. The lowest BCUT2D eigenvalue weighted by Crippen LogP contribution is -2.39. The second-order valence-electron chi connectivity index (χ2n) is 3.78. The van der Waals surface area contributed by atoms with E-state index in [-0.39, 0.29) is 5.56 Å². The van der Waals surface area contributed by atoms with Gasteiger partial charge >= 0.3 is 5.97 Å². The Balaban J connectivity index is 2.94. The Bertz CT molecular complexity index is 472. The number of nitrogens with one attached hydrogen (secondary N) is 1. The van der Waals surface area contributed by atoms with Gasteiger partial charge < -0.3 is 19.5 Å². The van der Waals surface area contributed by atoms with Gasteiger partial charge in [-0.2, -0.15) is 0 Å². The summed E-state index contributed by atoms with van der Waals surface area (Å²) in [5.74, 6) is -0.0316. The molecule has 1 aromatic carbocycles. The normalized spacial score (nSPS) is 11.4. The van der Waals surface area contributed by atoms with Gasteiger partial charge in [0.05, 0.1) is 26.9 Å². The smallest absolute Gasteiger partial charge is 0.328 e. The Kier molecular flexibility index (Phi) is 5.17. The zero-order chi connectivity index (χ0) is 14.4. The Hall–Kier alpha value is -2.24. The number of carbonyl (C=O) groups excluding carboxylic acids is 2. The van der Waals surface area contributed by atoms with E-state index in [1.165, 1.54) is 34.3 Å². The Morgan fingerprint density at radius 1 is 1.16 bits per heavy atom. The molecule has 0 aromatic heterocycles. The summed E-state index contributed by atoms with van der Waals surface area (Å²) in [5, 5.41) is 2.52. The molecule has 1 amide bonds. The summed E-state index contributed by atoms with van der Waals surface area (Å²) in [6.07, 6.45) is 0. The first-order chi connectivity index (χ1) is 9.03. The van der Waals surface area contributed by atoms with Crippen molar-refractivity contribution in [3.63, 3.8) is 0 Å². The molecule has 0 bridgehead atoms. The first kappa shape index (κ1) is 14.8. The number of esters is 1. The maximum Gasteiger partial charge on any atom is 0.328 e. The second kappa shape index (κ2) is 6.63. The van der Waals surface area contributed by atoms with Gasteiger partial charge in [0.25, 0.3) is 5.91 Å². The van der Waals surface area contributed by atoms with Crippen LogP contribution in [-0.2, 0) is 9.53 Å². The maximum atomic E-state index is 12.1. The number of rotatable bonds is 5. The van der Waals surface area contributed by atoms with E-state index in [0.29, 0.717) is 11.5 Å². The van der Waals surface area contributed by atoms with Crippen molar-refractivity contribution >= 4 is 11.9 Å². The van der Waals surface area contributed by atoms with Gasteiger partial charge in [0.2, 0.25) is 0 Å². The van der Waals surface area contributed by atoms with Crippen molar-refractivity contribution < 1.29 is 23.8 Å². The van der Waals surface area contributed by atoms with Crippen LogP contribution >= 0.6 is 0 Å². The van der Waals surface area contributed by atoms with E-state index in [1.807, 2.05) is 0 Å². The lowest BCUT2D eigenvalue weighted by Gasteiger charge is -2.14. The van der Waals surface area contributed by atoms with Crippen molar-refractivity contribution in [1.82, 2.24) is 5.32 Å². The first-order valence-electron chi connectivity index (χ1n) is 5.64. The average Bonchev–Trinajstić information content (AvgIpc) is 2.45. The summed E-state index contributed by atoms with van der Waals surface area (Å²) in [5.41, 5.74) is 0.289. The zero-order valence-corrected chi connectivity index (χ0v) is 11.4. The second-order valence-corrected chi connectivity index (χ2v) is 3.78. The van der Waals surface area contributed by atoms with Gasteiger partial charge in [-0.15, -0.1) is 0 Å². The van der Waals surface area contributed by atoms with Crippen LogP contribution < -0.4 is 14.8 Å². The van der Waals surface area contributed by atoms with Gasteiger partial charge in [-0.3, -0.25) is 4.79 Å². The molecule has 0 fully saturated rings. The number of amides is 1. The largest absolute Gasteiger partial charge is 0.497 e. The lowest BCUT2D eigenvalue weighted by atomic mass is 10.1. The minimum Gasteiger partial charge on any atom is -0.497 e. The molecule has 0 heterocycles. The number of methoxy groups -OCH3 is 3. The Morgan fingerprint density at radius 3 is 2.37 bits per heavy atom. The standard InChI is InChI=1S/C13H17NO5/c1-8(13(16)19-4)14-12(15)10-7-9(17-2)5-6-11(10)18-3/h5-8H,1-4H3,(H,14,15). The van der Waals surface area contributed by atoms with Crippen LogP contribution in [0, 0.1) is 0 Å². The third-order valence-electron chi connectivity index (χ3n) is 2.55. The average molecular weight is 267 g/mol. The van der Waals surface area contributed by atoms with Crippen molar-refractivity contribution in [3.8, 4) is 11.5 Å². The highest BCUT2D eigenvalue weighted by atomic mass is 16.5. The molecule has 0 spiro atoms. The molecular formula is C13H17NO5. The fourth-order valence-corrected chi connectivity index (χ4v) is 1.50. The Morgan fingerprint density at radius 2 is 1.84 bits per heavy atom. The van der Waals surface area contributed by atoms with E-state index >= 15 is 0 Å². The fourth-order valence-electron chi connectivity index (χ4n) is 1.50. The van der Waals surface area contributed by atoms with E-state index < -0.39 is 17.9 Å². The van der Waals surface area contributed by atoms with Crippen LogP contribution in [0.5, 0.6) is 11.5 Å². The van der Waals surface area contributed by atoms with Gasteiger partial charge in [0, 0.05) is 0 Å². The molecule has 1 unspecified atom stereocenters. The quantitative estimate of drug-likeness (QED) is 0.805. The highest BCUT2D eigenvalue weighted by Gasteiger charge is 2.19. The maximum absolute atomic E-state index is 12.1. The molecule has 1 N–H and O–H groups in total. The van der Waals surface area contributed by atoms with Crippen molar-refractivity contribution in [2.75, 3.05) is 21.3 Å². The van der Waals surface area contributed by atoms with E-state index in [4.69, 9.17) is 9.47 Å². The van der Waals surface area contributed by atoms with E-state index in [2.05, 4.69) is 10.1 Å². The topological polar surface area (TPSA) is 73.9 Å². The third kappa shape index (κ3) is 3.61. The van der Waals surface area contributed by atoms with Crippen molar-refractivity contribution in [1.29, 1.82) is 0 Å². The molecule has 0 radical (unpaired) electrons. The number of carbonyl (C=O) groups is 2.